The lowest BCUT2D eigenvalue weighted by atomic mass is 10.2. The summed E-state index contributed by atoms with van der Waals surface area (Å²) in [4.78, 5) is 2.11. The molecule has 0 bridgehead atoms. The van der Waals surface area contributed by atoms with Crippen molar-refractivity contribution < 1.29 is 8.81 Å². The van der Waals surface area contributed by atoms with Crippen LogP contribution in [0.15, 0.2) is 56.7 Å². The highest BCUT2D eigenvalue weighted by Crippen LogP contribution is 2.38. The van der Waals surface area contributed by atoms with Crippen LogP contribution in [0, 0.1) is 19.7 Å². The third-order valence-corrected chi connectivity index (χ3v) is 4.22. The Balaban J connectivity index is 2.06. The summed E-state index contributed by atoms with van der Waals surface area (Å²) in [5, 5.41) is 1.12. The van der Waals surface area contributed by atoms with E-state index in [1.807, 2.05) is 19.1 Å². The minimum Gasteiger partial charge on any atom is -0.460 e. The Morgan fingerprint density at radius 1 is 1.00 bits per heavy atom. The fraction of sp³-hybridized carbons (Fsp3) is 0.125. The topological polar surface area (TPSA) is 13.1 Å². The first-order chi connectivity index (χ1) is 9.13. The summed E-state index contributed by atoms with van der Waals surface area (Å²) in [6.07, 6.45) is 0. The van der Waals surface area contributed by atoms with Gasteiger partial charge in [-0.2, -0.15) is 0 Å². The summed E-state index contributed by atoms with van der Waals surface area (Å²) in [7, 11) is 0. The summed E-state index contributed by atoms with van der Waals surface area (Å²) >= 11 is 1.61. The molecule has 0 aliphatic rings. The van der Waals surface area contributed by atoms with Crippen molar-refractivity contribution in [2.75, 3.05) is 0 Å². The standard InChI is InChI=1S/C16H13FOS/c1-10-3-8-15-14(9-10)16(11(2)18-15)19-13-6-4-12(17)5-7-13/h3-9H,1-2H3. The van der Waals surface area contributed by atoms with Crippen LogP contribution in [-0.2, 0) is 0 Å². The zero-order chi connectivity index (χ0) is 13.4. The molecule has 0 saturated heterocycles. The van der Waals surface area contributed by atoms with Gasteiger partial charge in [-0.1, -0.05) is 23.4 Å². The van der Waals surface area contributed by atoms with Crippen molar-refractivity contribution >= 4 is 22.7 Å². The Bertz CT molecular complexity index is 728. The van der Waals surface area contributed by atoms with Crippen molar-refractivity contribution in [2.45, 2.75) is 23.6 Å². The number of hydrogen-bond donors (Lipinski definition) is 0. The van der Waals surface area contributed by atoms with E-state index in [-0.39, 0.29) is 5.82 Å². The molecule has 96 valence electrons. The SMILES string of the molecule is Cc1ccc2oc(C)c(Sc3ccc(F)cc3)c2c1. The minimum absolute atomic E-state index is 0.214. The van der Waals surface area contributed by atoms with E-state index in [0.717, 1.165) is 26.5 Å². The molecular formula is C16H13FOS. The van der Waals surface area contributed by atoms with Gasteiger partial charge in [0.2, 0.25) is 0 Å². The molecule has 0 spiro atoms. The highest BCUT2D eigenvalue weighted by atomic mass is 32.2. The van der Waals surface area contributed by atoms with E-state index in [1.54, 1.807) is 23.9 Å². The monoisotopic (exact) mass is 272 g/mol. The Hall–Kier alpha value is -1.74. The maximum absolute atomic E-state index is 12.9. The van der Waals surface area contributed by atoms with Gasteiger partial charge in [0.15, 0.2) is 0 Å². The van der Waals surface area contributed by atoms with Crippen molar-refractivity contribution in [3.63, 3.8) is 0 Å². The van der Waals surface area contributed by atoms with Crippen LogP contribution in [-0.4, -0.2) is 0 Å². The van der Waals surface area contributed by atoms with E-state index in [0.29, 0.717) is 0 Å². The van der Waals surface area contributed by atoms with Crippen LogP contribution in [0.1, 0.15) is 11.3 Å². The summed E-state index contributed by atoms with van der Waals surface area (Å²) in [5.41, 5.74) is 2.10. The molecule has 0 unspecified atom stereocenters. The molecule has 0 fully saturated rings. The van der Waals surface area contributed by atoms with Crippen LogP contribution in [0.25, 0.3) is 11.0 Å². The quantitative estimate of drug-likeness (QED) is 0.624. The fourth-order valence-electron chi connectivity index (χ4n) is 2.06. The Morgan fingerprint density at radius 3 is 2.47 bits per heavy atom. The molecule has 3 rings (SSSR count). The number of rotatable bonds is 2. The summed E-state index contributed by atoms with van der Waals surface area (Å²) in [6.45, 7) is 4.02. The first-order valence-electron chi connectivity index (χ1n) is 6.06. The van der Waals surface area contributed by atoms with Crippen LogP contribution >= 0.6 is 11.8 Å². The van der Waals surface area contributed by atoms with Crippen molar-refractivity contribution in [2.24, 2.45) is 0 Å². The molecule has 3 heteroatoms. The van der Waals surface area contributed by atoms with Crippen molar-refractivity contribution in [1.29, 1.82) is 0 Å². The van der Waals surface area contributed by atoms with Crippen LogP contribution < -0.4 is 0 Å². The zero-order valence-corrected chi connectivity index (χ0v) is 11.6. The first kappa shape index (κ1) is 12.3. The largest absolute Gasteiger partial charge is 0.460 e. The van der Waals surface area contributed by atoms with Gasteiger partial charge in [-0.25, -0.2) is 4.39 Å². The van der Waals surface area contributed by atoms with Gasteiger partial charge in [0.1, 0.15) is 17.2 Å². The molecule has 0 saturated carbocycles. The van der Waals surface area contributed by atoms with E-state index in [1.165, 1.54) is 17.7 Å². The van der Waals surface area contributed by atoms with Gasteiger partial charge in [0, 0.05) is 10.3 Å². The number of fused-ring (bicyclic) bond motifs is 1. The van der Waals surface area contributed by atoms with Crippen molar-refractivity contribution in [1.82, 2.24) is 0 Å². The average Bonchev–Trinajstić information content (AvgIpc) is 2.69. The smallest absolute Gasteiger partial charge is 0.135 e. The third kappa shape index (κ3) is 2.38. The van der Waals surface area contributed by atoms with E-state index < -0.39 is 0 Å². The number of aryl methyl sites for hydroxylation is 2. The number of furan rings is 1. The first-order valence-corrected chi connectivity index (χ1v) is 6.88. The lowest BCUT2D eigenvalue weighted by Crippen LogP contribution is -1.77. The van der Waals surface area contributed by atoms with E-state index >= 15 is 0 Å². The minimum atomic E-state index is -0.214. The molecule has 3 aromatic rings. The maximum Gasteiger partial charge on any atom is 0.135 e. The van der Waals surface area contributed by atoms with Gasteiger partial charge < -0.3 is 4.42 Å². The van der Waals surface area contributed by atoms with Gasteiger partial charge >= 0.3 is 0 Å². The molecule has 0 atom stereocenters. The summed E-state index contributed by atoms with van der Waals surface area (Å²) in [5.74, 6) is 0.684. The van der Waals surface area contributed by atoms with E-state index in [9.17, 15) is 4.39 Å². The summed E-state index contributed by atoms with van der Waals surface area (Å²) < 4.78 is 18.7. The second kappa shape index (κ2) is 4.74. The van der Waals surface area contributed by atoms with Crippen LogP contribution in [0.5, 0.6) is 0 Å². The molecule has 0 amide bonds. The number of halogens is 1. The molecular weight excluding hydrogens is 259 g/mol. The fourth-order valence-corrected chi connectivity index (χ4v) is 3.02. The maximum atomic E-state index is 12.9. The zero-order valence-electron chi connectivity index (χ0n) is 10.7. The van der Waals surface area contributed by atoms with Gasteiger partial charge in [0.25, 0.3) is 0 Å². The molecule has 0 aliphatic carbocycles. The lowest BCUT2D eigenvalue weighted by Gasteiger charge is -2.01. The summed E-state index contributed by atoms with van der Waals surface area (Å²) in [6, 6.07) is 12.7. The number of benzene rings is 2. The van der Waals surface area contributed by atoms with Crippen LogP contribution in [0.2, 0.25) is 0 Å². The molecule has 0 N–H and O–H groups in total. The molecule has 0 aliphatic heterocycles. The lowest BCUT2D eigenvalue weighted by molar-refractivity contribution is 0.568. The molecule has 1 heterocycles. The second-order valence-corrected chi connectivity index (χ2v) is 5.63. The van der Waals surface area contributed by atoms with E-state index in [2.05, 4.69) is 13.0 Å². The molecule has 1 nitrogen and oxygen atoms in total. The molecule has 2 aromatic carbocycles. The molecule has 1 aromatic heterocycles. The Morgan fingerprint density at radius 2 is 1.74 bits per heavy atom. The van der Waals surface area contributed by atoms with Crippen molar-refractivity contribution in [3.8, 4) is 0 Å². The number of hydrogen-bond acceptors (Lipinski definition) is 2. The van der Waals surface area contributed by atoms with Gasteiger partial charge in [-0.3, -0.25) is 0 Å². The third-order valence-electron chi connectivity index (χ3n) is 3.00. The normalized spacial score (nSPS) is 11.1. The second-order valence-electron chi connectivity index (χ2n) is 4.54. The van der Waals surface area contributed by atoms with E-state index in [4.69, 9.17) is 4.42 Å². The predicted octanol–water partition coefficient (Wildman–Crippen LogP) is 5.34. The van der Waals surface area contributed by atoms with Gasteiger partial charge in [-0.05, 0) is 50.2 Å². The van der Waals surface area contributed by atoms with Crippen LogP contribution in [0.4, 0.5) is 4.39 Å². The van der Waals surface area contributed by atoms with Gasteiger partial charge in [-0.15, -0.1) is 0 Å². The van der Waals surface area contributed by atoms with Gasteiger partial charge in [0.05, 0.1) is 4.90 Å². The van der Waals surface area contributed by atoms with Crippen molar-refractivity contribution in [3.05, 3.63) is 59.6 Å². The Labute approximate surface area is 115 Å². The Kier molecular flexibility index (Phi) is 3.07. The average molecular weight is 272 g/mol. The highest BCUT2D eigenvalue weighted by Gasteiger charge is 2.12. The molecule has 0 radical (unpaired) electrons. The molecule has 19 heavy (non-hydrogen) atoms. The highest BCUT2D eigenvalue weighted by molar-refractivity contribution is 7.99. The predicted molar refractivity (Wildman–Crippen MR) is 76.2 cm³/mol. The van der Waals surface area contributed by atoms with Crippen LogP contribution in [0.3, 0.4) is 0 Å².